The lowest BCUT2D eigenvalue weighted by atomic mass is 10.1. The van der Waals surface area contributed by atoms with Gasteiger partial charge in [-0.15, -0.1) is 0 Å². The van der Waals surface area contributed by atoms with E-state index in [2.05, 4.69) is 10.4 Å². The maximum absolute atomic E-state index is 11.7. The fraction of sp³-hybridized carbons (Fsp3) is 0.231. The number of carbonyl (C=O) groups excluding carboxylic acids is 1. The van der Waals surface area contributed by atoms with Crippen molar-refractivity contribution in [3.05, 3.63) is 53.3 Å². The molecule has 0 fully saturated rings. The van der Waals surface area contributed by atoms with E-state index in [1.165, 1.54) is 0 Å². The second-order valence-electron chi connectivity index (χ2n) is 4.08. The molecular weight excluding hydrogens is 228 g/mol. The average Bonchev–Trinajstić information content (AvgIpc) is 2.83. The summed E-state index contributed by atoms with van der Waals surface area (Å²) in [6.45, 7) is 1.01. The van der Waals surface area contributed by atoms with Crippen LogP contribution < -0.4 is 11.1 Å². The first-order valence-electron chi connectivity index (χ1n) is 5.75. The van der Waals surface area contributed by atoms with Gasteiger partial charge in [-0.1, -0.05) is 24.3 Å². The number of aryl methyl sites for hydroxylation is 1. The van der Waals surface area contributed by atoms with Crippen LogP contribution in [0.3, 0.4) is 0 Å². The second kappa shape index (κ2) is 5.46. The van der Waals surface area contributed by atoms with E-state index in [-0.39, 0.29) is 5.91 Å². The molecule has 0 aliphatic heterocycles. The Morgan fingerprint density at radius 3 is 2.50 bits per heavy atom. The molecule has 0 unspecified atom stereocenters. The van der Waals surface area contributed by atoms with E-state index < -0.39 is 0 Å². The second-order valence-corrected chi connectivity index (χ2v) is 4.08. The van der Waals surface area contributed by atoms with Crippen molar-refractivity contribution in [2.24, 2.45) is 12.8 Å². The van der Waals surface area contributed by atoms with E-state index in [0.717, 1.165) is 11.1 Å². The van der Waals surface area contributed by atoms with Gasteiger partial charge in [0.05, 0.1) is 0 Å². The molecule has 0 atom stereocenters. The zero-order chi connectivity index (χ0) is 13.0. The minimum Gasteiger partial charge on any atom is -0.347 e. The summed E-state index contributed by atoms with van der Waals surface area (Å²) >= 11 is 0. The van der Waals surface area contributed by atoms with Gasteiger partial charge in [-0.25, -0.2) is 0 Å². The number of nitrogens with two attached hydrogens (primary N) is 1. The SMILES string of the molecule is Cn1ccc(C(=O)NCc2ccc(CN)cc2)n1. The Labute approximate surface area is 106 Å². The summed E-state index contributed by atoms with van der Waals surface area (Å²) in [4.78, 5) is 11.7. The van der Waals surface area contributed by atoms with Crippen LogP contribution in [0.25, 0.3) is 0 Å². The van der Waals surface area contributed by atoms with Crippen LogP contribution in [0, 0.1) is 0 Å². The number of aromatic nitrogens is 2. The van der Waals surface area contributed by atoms with Gasteiger partial charge in [-0.2, -0.15) is 5.10 Å². The van der Waals surface area contributed by atoms with Gasteiger partial charge in [0.15, 0.2) is 0 Å². The summed E-state index contributed by atoms with van der Waals surface area (Å²) in [6, 6.07) is 9.53. The van der Waals surface area contributed by atoms with Gasteiger partial charge in [0.25, 0.3) is 5.91 Å². The molecule has 0 bridgehead atoms. The molecule has 1 heterocycles. The topological polar surface area (TPSA) is 72.9 Å². The molecule has 0 saturated carbocycles. The Balaban J connectivity index is 1.92. The Morgan fingerprint density at radius 1 is 1.28 bits per heavy atom. The fourth-order valence-electron chi connectivity index (χ4n) is 1.60. The van der Waals surface area contributed by atoms with E-state index in [4.69, 9.17) is 5.73 Å². The summed E-state index contributed by atoms with van der Waals surface area (Å²) in [6.07, 6.45) is 1.74. The Kier molecular flexibility index (Phi) is 3.74. The highest BCUT2D eigenvalue weighted by atomic mass is 16.1. The normalized spacial score (nSPS) is 10.3. The maximum Gasteiger partial charge on any atom is 0.272 e. The predicted molar refractivity (Wildman–Crippen MR) is 68.7 cm³/mol. The van der Waals surface area contributed by atoms with Crippen molar-refractivity contribution < 1.29 is 4.79 Å². The molecule has 94 valence electrons. The summed E-state index contributed by atoms with van der Waals surface area (Å²) < 4.78 is 1.60. The van der Waals surface area contributed by atoms with Crippen molar-refractivity contribution in [3.8, 4) is 0 Å². The van der Waals surface area contributed by atoms with Crippen LogP contribution in [0.5, 0.6) is 0 Å². The van der Waals surface area contributed by atoms with Crippen LogP contribution >= 0.6 is 0 Å². The standard InChI is InChI=1S/C13H16N4O/c1-17-7-6-12(16-17)13(18)15-9-11-4-2-10(8-14)3-5-11/h2-7H,8-9,14H2,1H3,(H,15,18). The molecule has 0 aliphatic carbocycles. The highest BCUT2D eigenvalue weighted by Gasteiger charge is 2.07. The van der Waals surface area contributed by atoms with Crippen molar-refractivity contribution in [1.82, 2.24) is 15.1 Å². The zero-order valence-corrected chi connectivity index (χ0v) is 10.3. The Bertz CT molecular complexity index is 530. The van der Waals surface area contributed by atoms with Crippen molar-refractivity contribution >= 4 is 5.91 Å². The van der Waals surface area contributed by atoms with Gasteiger partial charge < -0.3 is 11.1 Å². The molecule has 1 aromatic carbocycles. The first kappa shape index (κ1) is 12.3. The molecule has 5 nitrogen and oxygen atoms in total. The van der Waals surface area contributed by atoms with E-state index >= 15 is 0 Å². The zero-order valence-electron chi connectivity index (χ0n) is 10.3. The largest absolute Gasteiger partial charge is 0.347 e. The molecule has 1 aromatic heterocycles. The quantitative estimate of drug-likeness (QED) is 0.836. The lowest BCUT2D eigenvalue weighted by Gasteiger charge is -2.04. The average molecular weight is 244 g/mol. The number of nitrogens with one attached hydrogen (secondary N) is 1. The van der Waals surface area contributed by atoms with E-state index in [0.29, 0.717) is 18.8 Å². The highest BCUT2D eigenvalue weighted by molar-refractivity contribution is 5.92. The van der Waals surface area contributed by atoms with Crippen LogP contribution in [0.15, 0.2) is 36.5 Å². The summed E-state index contributed by atoms with van der Waals surface area (Å²) in [5, 5.41) is 6.86. The summed E-state index contributed by atoms with van der Waals surface area (Å²) in [5.74, 6) is -0.168. The number of hydrogen-bond donors (Lipinski definition) is 2. The molecule has 1 amide bonds. The van der Waals surface area contributed by atoms with Crippen molar-refractivity contribution in [2.75, 3.05) is 0 Å². The third-order valence-corrected chi connectivity index (χ3v) is 2.66. The first-order valence-corrected chi connectivity index (χ1v) is 5.75. The van der Waals surface area contributed by atoms with Crippen LogP contribution in [-0.2, 0) is 20.1 Å². The van der Waals surface area contributed by atoms with E-state index in [1.807, 2.05) is 24.3 Å². The molecule has 2 aromatic rings. The number of benzene rings is 1. The van der Waals surface area contributed by atoms with Gasteiger partial charge >= 0.3 is 0 Å². The van der Waals surface area contributed by atoms with Crippen molar-refractivity contribution in [2.45, 2.75) is 13.1 Å². The van der Waals surface area contributed by atoms with Crippen molar-refractivity contribution in [1.29, 1.82) is 0 Å². The number of rotatable bonds is 4. The van der Waals surface area contributed by atoms with Crippen LogP contribution in [0.2, 0.25) is 0 Å². The summed E-state index contributed by atoms with van der Waals surface area (Å²) in [7, 11) is 1.78. The molecule has 0 spiro atoms. The minimum atomic E-state index is -0.168. The lowest BCUT2D eigenvalue weighted by Crippen LogP contribution is -2.23. The van der Waals surface area contributed by atoms with Gasteiger partial charge in [-0.05, 0) is 17.2 Å². The van der Waals surface area contributed by atoms with Gasteiger partial charge in [0.2, 0.25) is 0 Å². The van der Waals surface area contributed by atoms with Crippen LogP contribution in [-0.4, -0.2) is 15.7 Å². The molecular formula is C13H16N4O. The molecule has 0 saturated heterocycles. The third-order valence-electron chi connectivity index (χ3n) is 2.66. The molecule has 3 N–H and O–H groups in total. The van der Waals surface area contributed by atoms with Gasteiger partial charge in [0.1, 0.15) is 5.69 Å². The summed E-state index contributed by atoms with van der Waals surface area (Å²) in [5.41, 5.74) is 8.06. The minimum absolute atomic E-state index is 0.168. The highest BCUT2D eigenvalue weighted by Crippen LogP contribution is 2.04. The third kappa shape index (κ3) is 2.95. The smallest absolute Gasteiger partial charge is 0.272 e. The number of hydrogen-bond acceptors (Lipinski definition) is 3. The number of carbonyl (C=O) groups is 1. The van der Waals surface area contributed by atoms with Gasteiger partial charge in [-0.3, -0.25) is 9.48 Å². The monoisotopic (exact) mass is 244 g/mol. The molecule has 5 heteroatoms. The maximum atomic E-state index is 11.7. The van der Waals surface area contributed by atoms with Gasteiger partial charge in [0, 0.05) is 26.3 Å². The Hall–Kier alpha value is -2.14. The lowest BCUT2D eigenvalue weighted by molar-refractivity contribution is 0.0945. The molecule has 2 rings (SSSR count). The number of nitrogens with zero attached hydrogens (tertiary/aromatic N) is 2. The van der Waals surface area contributed by atoms with Crippen LogP contribution in [0.1, 0.15) is 21.6 Å². The number of amides is 1. The molecule has 0 radical (unpaired) electrons. The van der Waals surface area contributed by atoms with Crippen LogP contribution in [0.4, 0.5) is 0 Å². The molecule has 18 heavy (non-hydrogen) atoms. The fourth-order valence-corrected chi connectivity index (χ4v) is 1.60. The van der Waals surface area contributed by atoms with Crippen molar-refractivity contribution in [3.63, 3.8) is 0 Å². The van der Waals surface area contributed by atoms with E-state index in [1.54, 1.807) is 24.0 Å². The van der Waals surface area contributed by atoms with E-state index in [9.17, 15) is 4.79 Å². The Morgan fingerprint density at radius 2 is 1.94 bits per heavy atom. The predicted octanol–water partition coefficient (Wildman–Crippen LogP) is 0.809. The first-order chi connectivity index (χ1) is 8.69. The molecule has 0 aliphatic rings.